The lowest BCUT2D eigenvalue weighted by Crippen LogP contribution is -2.48. The van der Waals surface area contributed by atoms with Gasteiger partial charge in [0.1, 0.15) is 5.41 Å². The Morgan fingerprint density at radius 3 is 2.12 bits per heavy atom. The minimum atomic E-state index is -0.979. The van der Waals surface area contributed by atoms with Crippen molar-refractivity contribution in [1.82, 2.24) is 5.32 Å². The quantitative estimate of drug-likeness (QED) is 0.641. The molecule has 0 aromatic heterocycles. The van der Waals surface area contributed by atoms with Crippen molar-refractivity contribution >= 4 is 23.5 Å². The second kappa shape index (κ2) is 6.63. The maximum Gasteiger partial charge on any atom is 0.338 e. The topological polar surface area (TPSA) is 84.5 Å². The summed E-state index contributed by atoms with van der Waals surface area (Å²) < 4.78 is 4.91. The maximum atomic E-state index is 12.5. The molecule has 2 amide bonds. The average molecular weight is 332 g/mol. The van der Waals surface area contributed by atoms with Crippen LogP contribution in [0.1, 0.15) is 50.9 Å². The van der Waals surface area contributed by atoms with Crippen LogP contribution in [0.4, 0.5) is 5.69 Å². The molecule has 1 aromatic rings. The van der Waals surface area contributed by atoms with E-state index in [9.17, 15) is 14.4 Å². The molecule has 130 valence electrons. The molecule has 0 spiro atoms. The Kier molecular flexibility index (Phi) is 4.96. The number of benzene rings is 1. The third kappa shape index (κ3) is 4.13. The van der Waals surface area contributed by atoms with Gasteiger partial charge in [0, 0.05) is 11.2 Å². The number of hydrogen-bond donors (Lipinski definition) is 2. The first-order valence-electron chi connectivity index (χ1n) is 8.09. The fourth-order valence-corrected chi connectivity index (χ4v) is 2.30. The number of anilines is 1. The van der Waals surface area contributed by atoms with Gasteiger partial charge < -0.3 is 15.4 Å². The maximum absolute atomic E-state index is 12.5. The summed E-state index contributed by atoms with van der Waals surface area (Å²) in [5, 5.41) is 5.62. The van der Waals surface area contributed by atoms with E-state index in [4.69, 9.17) is 4.74 Å². The normalized spacial score (nSPS) is 15.3. The van der Waals surface area contributed by atoms with Gasteiger partial charge in [-0.2, -0.15) is 0 Å². The Balaban J connectivity index is 2.02. The molecule has 0 aliphatic heterocycles. The lowest BCUT2D eigenvalue weighted by atomic mass is 10.0. The number of esters is 1. The number of hydrogen-bond acceptors (Lipinski definition) is 4. The molecule has 0 saturated heterocycles. The highest BCUT2D eigenvalue weighted by atomic mass is 16.5. The van der Waals surface area contributed by atoms with Gasteiger partial charge in [-0.15, -0.1) is 0 Å². The summed E-state index contributed by atoms with van der Waals surface area (Å²) >= 11 is 0. The summed E-state index contributed by atoms with van der Waals surface area (Å²) in [4.78, 5) is 36.4. The fraction of sp³-hybridized carbons (Fsp3) is 0.500. The van der Waals surface area contributed by atoms with Gasteiger partial charge in [0.25, 0.3) is 0 Å². The van der Waals surface area contributed by atoms with Crippen LogP contribution < -0.4 is 10.6 Å². The highest BCUT2D eigenvalue weighted by Crippen LogP contribution is 2.47. The van der Waals surface area contributed by atoms with Crippen molar-refractivity contribution in [3.8, 4) is 0 Å². The number of carbonyl (C=O) groups is 3. The average Bonchev–Trinajstić information content (AvgIpc) is 3.28. The lowest BCUT2D eigenvalue weighted by molar-refractivity contribution is -0.135. The van der Waals surface area contributed by atoms with Gasteiger partial charge >= 0.3 is 5.97 Å². The molecule has 2 N–H and O–H groups in total. The Labute approximate surface area is 142 Å². The molecule has 1 saturated carbocycles. The first kappa shape index (κ1) is 18.0. The van der Waals surface area contributed by atoms with Gasteiger partial charge in [-0.3, -0.25) is 9.59 Å². The number of amides is 2. The number of carbonyl (C=O) groups excluding carboxylic acids is 3. The first-order valence-corrected chi connectivity index (χ1v) is 8.09. The van der Waals surface area contributed by atoms with E-state index in [-0.39, 0.29) is 17.4 Å². The zero-order chi connectivity index (χ0) is 18.0. The summed E-state index contributed by atoms with van der Waals surface area (Å²) in [6.07, 6.45) is 1.09. The molecule has 0 unspecified atom stereocenters. The van der Waals surface area contributed by atoms with Crippen LogP contribution in [0.2, 0.25) is 0 Å². The van der Waals surface area contributed by atoms with Gasteiger partial charge in [-0.05, 0) is 64.8 Å². The molecular weight excluding hydrogens is 308 g/mol. The monoisotopic (exact) mass is 332 g/mol. The van der Waals surface area contributed by atoms with Crippen LogP contribution >= 0.6 is 0 Å². The van der Waals surface area contributed by atoms with Gasteiger partial charge in [0.2, 0.25) is 11.8 Å². The van der Waals surface area contributed by atoms with Crippen molar-refractivity contribution in [2.75, 3.05) is 11.9 Å². The van der Waals surface area contributed by atoms with Crippen LogP contribution in [0.3, 0.4) is 0 Å². The third-order valence-electron chi connectivity index (χ3n) is 3.76. The summed E-state index contributed by atoms with van der Waals surface area (Å²) in [6.45, 7) is 7.69. The number of ether oxygens (including phenoxy) is 1. The van der Waals surface area contributed by atoms with Crippen molar-refractivity contribution in [2.45, 2.75) is 46.1 Å². The van der Waals surface area contributed by atoms with Gasteiger partial charge in [0.05, 0.1) is 12.2 Å². The van der Waals surface area contributed by atoms with E-state index in [0.717, 1.165) is 0 Å². The van der Waals surface area contributed by atoms with E-state index in [1.54, 1.807) is 31.2 Å². The summed E-state index contributed by atoms with van der Waals surface area (Å²) in [5.74, 6) is -0.956. The molecule has 2 rings (SSSR count). The standard InChI is InChI=1S/C18H24N2O4/c1-5-24-14(21)12-6-8-13(9-7-12)19-15(22)18(10-11-18)16(23)20-17(2,3)4/h6-9H,5,10-11H2,1-4H3,(H,19,22)(H,20,23). The molecule has 6 heteroatoms. The second-order valence-electron chi connectivity index (χ2n) is 7.04. The molecule has 1 fully saturated rings. The van der Waals surface area contributed by atoms with E-state index >= 15 is 0 Å². The SMILES string of the molecule is CCOC(=O)c1ccc(NC(=O)C2(C(=O)NC(C)(C)C)CC2)cc1. The Morgan fingerprint density at radius 2 is 1.67 bits per heavy atom. The smallest absolute Gasteiger partial charge is 0.338 e. The molecule has 0 bridgehead atoms. The predicted molar refractivity (Wildman–Crippen MR) is 90.6 cm³/mol. The van der Waals surface area contributed by atoms with Crippen molar-refractivity contribution in [3.63, 3.8) is 0 Å². The fourth-order valence-electron chi connectivity index (χ4n) is 2.30. The molecule has 1 aliphatic rings. The van der Waals surface area contributed by atoms with E-state index in [1.165, 1.54) is 0 Å². The summed E-state index contributed by atoms with van der Waals surface area (Å²) in [7, 11) is 0. The predicted octanol–water partition coefficient (Wildman–Crippen LogP) is 2.50. The van der Waals surface area contributed by atoms with Crippen LogP contribution in [0.5, 0.6) is 0 Å². The molecule has 1 aromatic carbocycles. The van der Waals surface area contributed by atoms with Crippen LogP contribution in [0, 0.1) is 5.41 Å². The largest absolute Gasteiger partial charge is 0.462 e. The highest BCUT2D eigenvalue weighted by Gasteiger charge is 2.57. The number of nitrogens with one attached hydrogen (secondary N) is 2. The first-order chi connectivity index (χ1) is 11.2. The van der Waals surface area contributed by atoms with E-state index in [0.29, 0.717) is 30.7 Å². The minimum absolute atomic E-state index is 0.240. The number of rotatable bonds is 5. The van der Waals surface area contributed by atoms with E-state index < -0.39 is 11.4 Å². The Bertz CT molecular complexity index is 640. The zero-order valence-electron chi connectivity index (χ0n) is 14.6. The van der Waals surface area contributed by atoms with Crippen LogP contribution in [0.15, 0.2) is 24.3 Å². The van der Waals surface area contributed by atoms with Gasteiger partial charge in [-0.1, -0.05) is 0 Å². The lowest BCUT2D eigenvalue weighted by Gasteiger charge is -2.24. The molecular formula is C18H24N2O4. The van der Waals surface area contributed by atoms with Crippen molar-refractivity contribution < 1.29 is 19.1 Å². The van der Waals surface area contributed by atoms with Gasteiger partial charge in [-0.25, -0.2) is 4.79 Å². The second-order valence-corrected chi connectivity index (χ2v) is 7.04. The molecule has 1 aliphatic carbocycles. The highest BCUT2D eigenvalue weighted by molar-refractivity contribution is 6.13. The minimum Gasteiger partial charge on any atom is -0.462 e. The van der Waals surface area contributed by atoms with Crippen molar-refractivity contribution in [2.24, 2.45) is 5.41 Å². The molecule has 0 atom stereocenters. The van der Waals surface area contributed by atoms with Crippen LogP contribution in [-0.4, -0.2) is 29.9 Å². The van der Waals surface area contributed by atoms with Crippen molar-refractivity contribution in [1.29, 1.82) is 0 Å². The van der Waals surface area contributed by atoms with Crippen LogP contribution in [0.25, 0.3) is 0 Å². The third-order valence-corrected chi connectivity index (χ3v) is 3.76. The van der Waals surface area contributed by atoms with Gasteiger partial charge in [0.15, 0.2) is 0 Å². The summed E-state index contributed by atoms with van der Waals surface area (Å²) in [5.41, 5.74) is -0.397. The Morgan fingerprint density at radius 1 is 1.08 bits per heavy atom. The Hall–Kier alpha value is -2.37. The summed E-state index contributed by atoms with van der Waals surface area (Å²) in [6, 6.07) is 6.43. The van der Waals surface area contributed by atoms with E-state index in [1.807, 2.05) is 20.8 Å². The van der Waals surface area contributed by atoms with Crippen molar-refractivity contribution in [3.05, 3.63) is 29.8 Å². The molecule has 0 radical (unpaired) electrons. The molecule has 24 heavy (non-hydrogen) atoms. The molecule has 0 heterocycles. The van der Waals surface area contributed by atoms with E-state index in [2.05, 4.69) is 10.6 Å². The molecule has 6 nitrogen and oxygen atoms in total. The zero-order valence-corrected chi connectivity index (χ0v) is 14.6. The van der Waals surface area contributed by atoms with Crippen LogP contribution in [-0.2, 0) is 14.3 Å².